The fraction of sp³-hybridized carbons (Fsp3) is 0.400. The minimum atomic E-state index is -1.23. The lowest BCUT2D eigenvalue weighted by atomic mass is 10.2. The molecule has 0 rings (SSSR count). The normalized spacial score (nSPS) is 13.4. The van der Waals surface area contributed by atoms with Gasteiger partial charge in [0.25, 0.3) is 0 Å². The third kappa shape index (κ3) is 16.5. The average molecular weight is 651 g/mol. The molecule has 0 heterocycles. The number of hydrogen-bond donors (Lipinski definition) is 6. The van der Waals surface area contributed by atoms with E-state index in [0.29, 0.717) is 0 Å². The Hall–Kier alpha value is -5.38. The minimum absolute atomic E-state index is 0.0667. The summed E-state index contributed by atoms with van der Waals surface area (Å²) in [5, 5.41) is 56.1. The molecule has 0 fully saturated rings. The van der Waals surface area contributed by atoms with Gasteiger partial charge in [0.15, 0.2) is 0 Å². The Balaban J connectivity index is 6.63. The van der Waals surface area contributed by atoms with Gasteiger partial charge in [-0.2, -0.15) is 0 Å². The zero-order chi connectivity index (χ0) is 35.7. The zero-order valence-corrected chi connectivity index (χ0v) is 26.6. The van der Waals surface area contributed by atoms with Gasteiger partial charge in [-0.3, -0.25) is 4.90 Å². The number of hydrogen-bond acceptors (Lipinski definition) is 10. The summed E-state index contributed by atoms with van der Waals surface area (Å²) >= 11 is 0. The Labute approximate surface area is 266 Å². The van der Waals surface area contributed by atoms with E-state index in [1.807, 2.05) is 0 Å². The first-order valence-corrected chi connectivity index (χ1v) is 13.7. The van der Waals surface area contributed by atoms with Crippen LogP contribution >= 0.6 is 0 Å². The highest BCUT2D eigenvalue weighted by Gasteiger charge is 2.15. The van der Waals surface area contributed by atoms with E-state index < -0.39 is 35.8 Å². The molecule has 0 saturated carbocycles. The molecule has 0 bridgehead atoms. The summed E-state index contributed by atoms with van der Waals surface area (Å²) in [6, 6.07) is 0. The molecular weight excluding hydrogens is 608 g/mol. The summed E-state index contributed by atoms with van der Waals surface area (Å²) in [6.07, 6.45) is 7.51. The van der Waals surface area contributed by atoms with Gasteiger partial charge in [-0.15, -0.1) is 0 Å². The van der Waals surface area contributed by atoms with Gasteiger partial charge in [0.05, 0.1) is 33.4 Å². The molecule has 16 nitrogen and oxygen atoms in total. The molecular formula is C30H42N4O12. The number of aliphatic carboxylic acids is 6. The van der Waals surface area contributed by atoms with Crippen molar-refractivity contribution in [2.75, 3.05) is 39.3 Å². The van der Waals surface area contributed by atoms with Crippen molar-refractivity contribution in [1.82, 2.24) is 19.6 Å². The summed E-state index contributed by atoms with van der Waals surface area (Å²) in [7, 11) is 0. The Morgan fingerprint density at radius 1 is 0.348 bits per heavy atom. The van der Waals surface area contributed by atoms with Crippen molar-refractivity contribution >= 4 is 35.8 Å². The predicted molar refractivity (Wildman–Crippen MR) is 165 cm³/mol. The summed E-state index contributed by atoms with van der Waals surface area (Å²) in [4.78, 5) is 74.6. The molecule has 6 N–H and O–H groups in total. The van der Waals surface area contributed by atoms with Crippen molar-refractivity contribution in [2.45, 2.75) is 41.5 Å². The maximum absolute atomic E-state index is 11.4. The van der Waals surface area contributed by atoms with Gasteiger partial charge in [0.1, 0.15) is 0 Å². The second-order valence-electron chi connectivity index (χ2n) is 10.3. The van der Waals surface area contributed by atoms with Crippen molar-refractivity contribution in [2.24, 2.45) is 0 Å². The molecule has 0 amide bonds. The average Bonchev–Trinajstić information content (AvgIpc) is 2.95. The van der Waals surface area contributed by atoms with Gasteiger partial charge in [-0.25, -0.2) is 28.8 Å². The molecule has 0 aliphatic heterocycles. The maximum Gasteiger partial charge on any atom is 0.332 e. The first-order valence-electron chi connectivity index (χ1n) is 13.7. The van der Waals surface area contributed by atoms with Crippen LogP contribution in [-0.4, -0.2) is 125 Å². The standard InChI is InChI=1S/C30H42N4O12/c1-19(25(35)36)13-32(14-20(2)26(37)38)10-7-31(8-11-33(15-21(3)27(39)40)16-22(4)28(41)42)9-12-34(17-23(5)29(43)44)18-24(6)30(45)46/h13-18H,7-12H2,1-6H3,(H,35,36)(H,37,38)(H,39,40)(H,41,42)(H,43,44)(H,45,46). The molecule has 0 aromatic carbocycles. The molecule has 0 aromatic rings. The molecule has 0 unspecified atom stereocenters. The van der Waals surface area contributed by atoms with E-state index in [0.717, 1.165) is 0 Å². The number of rotatable bonds is 21. The van der Waals surface area contributed by atoms with Crippen LogP contribution in [0.5, 0.6) is 0 Å². The Bertz CT molecular complexity index is 1110. The summed E-state index contributed by atoms with van der Waals surface area (Å²) in [5.41, 5.74) is -0.470. The molecule has 0 aromatic heterocycles. The Morgan fingerprint density at radius 2 is 0.500 bits per heavy atom. The molecule has 0 radical (unpaired) electrons. The number of carboxylic acids is 6. The van der Waals surface area contributed by atoms with Gasteiger partial charge in [0, 0.05) is 76.5 Å². The van der Waals surface area contributed by atoms with Crippen molar-refractivity contribution in [3.8, 4) is 0 Å². The fourth-order valence-corrected chi connectivity index (χ4v) is 3.43. The number of nitrogens with zero attached hydrogens (tertiary/aromatic N) is 4. The highest BCUT2D eigenvalue weighted by atomic mass is 16.4. The van der Waals surface area contributed by atoms with Crippen LogP contribution in [0.3, 0.4) is 0 Å². The summed E-state index contributed by atoms with van der Waals surface area (Å²) < 4.78 is 0. The maximum atomic E-state index is 11.4. The molecule has 0 spiro atoms. The molecule has 0 aliphatic carbocycles. The van der Waals surface area contributed by atoms with E-state index in [4.69, 9.17) is 0 Å². The largest absolute Gasteiger partial charge is 0.478 e. The van der Waals surface area contributed by atoms with E-state index >= 15 is 0 Å². The van der Waals surface area contributed by atoms with E-state index in [1.165, 1.54) is 93.4 Å². The topological polar surface area (TPSA) is 237 Å². The van der Waals surface area contributed by atoms with Crippen molar-refractivity contribution < 1.29 is 59.4 Å². The van der Waals surface area contributed by atoms with Crippen molar-refractivity contribution in [1.29, 1.82) is 0 Å². The van der Waals surface area contributed by atoms with E-state index in [2.05, 4.69) is 0 Å². The van der Waals surface area contributed by atoms with Crippen LogP contribution in [-0.2, 0) is 28.8 Å². The van der Waals surface area contributed by atoms with Gasteiger partial charge in [-0.05, 0) is 41.5 Å². The quantitative estimate of drug-likeness (QED) is 0.0976. The van der Waals surface area contributed by atoms with Crippen LogP contribution in [0.4, 0.5) is 0 Å². The Kier molecular flexibility index (Phi) is 17.5. The van der Waals surface area contributed by atoms with Crippen LogP contribution in [0.15, 0.2) is 70.6 Å². The lowest BCUT2D eigenvalue weighted by Gasteiger charge is -2.29. The van der Waals surface area contributed by atoms with E-state index in [1.54, 1.807) is 4.90 Å². The van der Waals surface area contributed by atoms with Crippen LogP contribution in [0.1, 0.15) is 41.5 Å². The highest BCUT2D eigenvalue weighted by Crippen LogP contribution is 2.09. The smallest absolute Gasteiger partial charge is 0.332 e. The second kappa shape index (κ2) is 19.8. The molecule has 0 saturated heterocycles. The Morgan fingerprint density at radius 3 is 0.630 bits per heavy atom. The van der Waals surface area contributed by atoms with Crippen molar-refractivity contribution in [3.05, 3.63) is 70.6 Å². The fourth-order valence-electron chi connectivity index (χ4n) is 3.43. The SMILES string of the molecule is CC(=CN(C=C(C)C(=O)O)CCN(CCN(C=C(C)C(=O)O)C=C(C)C(=O)O)CCN(C=C(C)C(=O)O)C=C(C)C(=O)O)C(=O)O. The van der Waals surface area contributed by atoms with Crippen LogP contribution in [0, 0.1) is 0 Å². The van der Waals surface area contributed by atoms with Gasteiger partial charge in [-0.1, -0.05) is 0 Å². The number of carboxylic acid groups (broad SMARTS) is 6. The third-order valence-corrected chi connectivity index (χ3v) is 6.20. The van der Waals surface area contributed by atoms with Crippen LogP contribution in [0.25, 0.3) is 0 Å². The lowest BCUT2D eigenvalue weighted by Crippen LogP contribution is -2.39. The van der Waals surface area contributed by atoms with E-state index in [9.17, 15) is 59.4 Å². The number of carbonyl (C=O) groups is 6. The second-order valence-corrected chi connectivity index (χ2v) is 10.3. The van der Waals surface area contributed by atoms with Crippen molar-refractivity contribution in [3.63, 3.8) is 0 Å². The van der Waals surface area contributed by atoms with E-state index in [-0.39, 0.29) is 72.7 Å². The lowest BCUT2D eigenvalue weighted by molar-refractivity contribution is -0.133. The summed E-state index contributed by atoms with van der Waals surface area (Å²) in [5.74, 6) is -7.35. The van der Waals surface area contributed by atoms with Gasteiger partial charge < -0.3 is 45.3 Å². The first-order chi connectivity index (χ1) is 21.2. The molecule has 16 heteroatoms. The third-order valence-electron chi connectivity index (χ3n) is 6.20. The molecule has 46 heavy (non-hydrogen) atoms. The molecule has 254 valence electrons. The monoisotopic (exact) mass is 650 g/mol. The van der Waals surface area contributed by atoms with Crippen LogP contribution in [0.2, 0.25) is 0 Å². The van der Waals surface area contributed by atoms with Crippen LogP contribution < -0.4 is 0 Å². The minimum Gasteiger partial charge on any atom is -0.478 e. The van der Waals surface area contributed by atoms with Gasteiger partial charge in [0.2, 0.25) is 0 Å². The van der Waals surface area contributed by atoms with Gasteiger partial charge >= 0.3 is 35.8 Å². The molecule has 0 aliphatic rings. The summed E-state index contributed by atoms with van der Waals surface area (Å²) in [6.45, 7) is 8.63. The first kappa shape index (κ1) is 40.6. The molecule has 0 atom stereocenters. The zero-order valence-electron chi connectivity index (χ0n) is 26.6. The highest BCUT2D eigenvalue weighted by molar-refractivity contribution is 5.88. The predicted octanol–water partition coefficient (Wildman–Crippen LogP) is 2.12.